The van der Waals surface area contributed by atoms with Crippen molar-refractivity contribution < 1.29 is 9.59 Å². The third-order valence-corrected chi connectivity index (χ3v) is 4.10. The molecule has 0 radical (unpaired) electrons. The van der Waals surface area contributed by atoms with Crippen molar-refractivity contribution in [2.45, 2.75) is 45.2 Å². The van der Waals surface area contributed by atoms with Crippen molar-refractivity contribution >= 4 is 23.6 Å². The first-order chi connectivity index (χ1) is 10.1. The van der Waals surface area contributed by atoms with Gasteiger partial charge in [-0.2, -0.15) is 0 Å². The first kappa shape index (κ1) is 18.6. The van der Waals surface area contributed by atoms with Crippen LogP contribution in [0, 0.1) is 5.41 Å². The Hall–Kier alpha value is -1.49. The molecule has 0 aliphatic heterocycles. The zero-order valence-electron chi connectivity index (χ0n) is 14.3. The van der Waals surface area contributed by atoms with Crippen molar-refractivity contribution in [3.63, 3.8) is 0 Å². The maximum atomic E-state index is 12.3. The van der Waals surface area contributed by atoms with Gasteiger partial charge in [-0.15, -0.1) is 11.8 Å². The molecule has 1 unspecified atom stereocenters. The second-order valence-electron chi connectivity index (χ2n) is 6.49. The summed E-state index contributed by atoms with van der Waals surface area (Å²) in [6.07, 6.45) is 2.03. The van der Waals surface area contributed by atoms with Gasteiger partial charge in [0.25, 0.3) is 0 Å². The predicted molar refractivity (Wildman–Crippen MR) is 91.8 cm³/mol. The molecule has 1 aromatic carbocycles. The zero-order chi connectivity index (χ0) is 16.9. The van der Waals surface area contributed by atoms with Gasteiger partial charge in [0.15, 0.2) is 0 Å². The molecule has 1 rings (SSSR count). The van der Waals surface area contributed by atoms with E-state index in [9.17, 15) is 9.59 Å². The Morgan fingerprint density at radius 2 is 1.77 bits per heavy atom. The number of amides is 2. The van der Waals surface area contributed by atoms with E-state index in [4.69, 9.17) is 0 Å². The van der Waals surface area contributed by atoms with E-state index in [-0.39, 0.29) is 11.8 Å². The van der Waals surface area contributed by atoms with Gasteiger partial charge in [0.2, 0.25) is 11.8 Å². The van der Waals surface area contributed by atoms with Gasteiger partial charge < -0.3 is 10.2 Å². The maximum Gasteiger partial charge on any atom is 0.244 e. The molecular weight excluding hydrogens is 296 g/mol. The van der Waals surface area contributed by atoms with E-state index in [1.807, 2.05) is 51.3 Å². The molecule has 5 heteroatoms. The summed E-state index contributed by atoms with van der Waals surface area (Å²) in [7, 11) is 1.75. The van der Waals surface area contributed by atoms with Crippen LogP contribution in [0.3, 0.4) is 0 Å². The molecule has 0 fully saturated rings. The van der Waals surface area contributed by atoms with Gasteiger partial charge in [-0.05, 0) is 30.9 Å². The lowest BCUT2D eigenvalue weighted by Gasteiger charge is -2.25. The summed E-state index contributed by atoms with van der Waals surface area (Å²) in [5, 5.41) is 2.77. The average molecular weight is 322 g/mol. The third-order valence-electron chi connectivity index (χ3n) is 3.35. The van der Waals surface area contributed by atoms with Crippen LogP contribution in [0.2, 0.25) is 0 Å². The number of benzene rings is 1. The summed E-state index contributed by atoms with van der Waals surface area (Å²) in [6.45, 7) is 7.74. The number of hydrogen-bond acceptors (Lipinski definition) is 3. The highest BCUT2D eigenvalue weighted by atomic mass is 32.2. The quantitative estimate of drug-likeness (QED) is 0.848. The van der Waals surface area contributed by atoms with Crippen LogP contribution in [-0.2, 0) is 16.1 Å². The molecule has 1 atom stereocenters. The Labute approximate surface area is 137 Å². The topological polar surface area (TPSA) is 49.4 Å². The van der Waals surface area contributed by atoms with E-state index in [1.54, 1.807) is 30.6 Å². The average Bonchev–Trinajstić information content (AvgIpc) is 2.46. The third kappa shape index (κ3) is 5.37. The normalized spacial score (nSPS) is 12.6. The second kappa shape index (κ2) is 7.68. The molecule has 0 saturated carbocycles. The largest absolute Gasteiger partial charge is 0.344 e. The molecule has 2 amide bonds. The lowest BCUT2D eigenvalue weighted by Crippen LogP contribution is -2.48. The molecule has 22 heavy (non-hydrogen) atoms. The first-order valence-corrected chi connectivity index (χ1v) is 8.56. The highest BCUT2D eigenvalue weighted by molar-refractivity contribution is 7.98. The fourth-order valence-electron chi connectivity index (χ4n) is 1.89. The van der Waals surface area contributed by atoms with E-state index in [1.165, 1.54) is 4.90 Å². The molecule has 122 valence electrons. The van der Waals surface area contributed by atoms with Gasteiger partial charge in [-0.25, -0.2) is 0 Å². The van der Waals surface area contributed by atoms with Gasteiger partial charge in [0.05, 0.1) is 0 Å². The highest BCUT2D eigenvalue weighted by Gasteiger charge is 2.26. The Kier molecular flexibility index (Phi) is 6.48. The van der Waals surface area contributed by atoms with Crippen LogP contribution in [0.15, 0.2) is 29.2 Å². The SMILES string of the molecule is CSc1ccc(CN(C)C(=O)C(C)NC(=O)C(C)(C)C)cc1. The molecule has 0 spiro atoms. The zero-order valence-corrected chi connectivity index (χ0v) is 15.1. The van der Waals surface area contributed by atoms with E-state index in [0.29, 0.717) is 6.54 Å². The molecule has 0 aromatic heterocycles. The van der Waals surface area contributed by atoms with Crippen molar-refractivity contribution in [3.8, 4) is 0 Å². The summed E-state index contributed by atoms with van der Waals surface area (Å²) in [6, 6.07) is 7.61. The van der Waals surface area contributed by atoms with Crippen LogP contribution in [0.25, 0.3) is 0 Å². The minimum absolute atomic E-state index is 0.0912. The number of carbonyl (C=O) groups excluding carboxylic acids is 2. The lowest BCUT2D eigenvalue weighted by atomic mass is 9.95. The fraction of sp³-hybridized carbons (Fsp3) is 0.529. The number of carbonyl (C=O) groups is 2. The molecule has 4 nitrogen and oxygen atoms in total. The van der Waals surface area contributed by atoms with Crippen LogP contribution >= 0.6 is 11.8 Å². The van der Waals surface area contributed by atoms with E-state index < -0.39 is 11.5 Å². The standard InChI is InChI=1S/C17H26N2O2S/c1-12(18-16(21)17(2,3)4)15(20)19(5)11-13-7-9-14(22-6)10-8-13/h7-10,12H,11H2,1-6H3,(H,18,21). The number of nitrogens with zero attached hydrogens (tertiary/aromatic N) is 1. The van der Waals surface area contributed by atoms with Crippen LogP contribution in [-0.4, -0.2) is 36.1 Å². The molecule has 0 bridgehead atoms. The van der Waals surface area contributed by atoms with E-state index in [2.05, 4.69) is 5.32 Å². The van der Waals surface area contributed by atoms with Crippen molar-refractivity contribution in [2.75, 3.05) is 13.3 Å². The Morgan fingerprint density at radius 1 is 1.23 bits per heavy atom. The number of thioether (sulfide) groups is 1. The molecule has 0 aliphatic carbocycles. The van der Waals surface area contributed by atoms with Gasteiger partial charge >= 0.3 is 0 Å². The molecule has 0 saturated heterocycles. The fourth-order valence-corrected chi connectivity index (χ4v) is 2.30. The summed E-state index contributed by atoms with van der Waals surface area (Å²) >= 11 is 1.69. The van der Waals surface area contributed by atoms with Crippen molar-refractivity contribution in [3.05, 3.63) is 29.8 Å². The minimum Gasteiger partial charge on any atom is -0.344 e. The smallest absolute Gasteiger partial charge is 0.244 e. The maximum absolute atomic E-state index is 12.3. The summed E-state index contributed by atoms with van der Waals surface area (Å²) in [4.78, 5) is 27.1. The minimum atomic E-state index is -0.526. The summed E-state index contributed by atoms with van der Waals surface area (Å²) < 4.78 is 0. The van der Waals surface area contributed by atoms with Gasteiger partial charge in [0, 0.05) is 23.9 Å². The Balaban J connectivity index is 2.61. The summed E-state index contributed by atoms with van der Waals surface area (Å²) in [5.41, 5.74) is 0.573. The molecule has 0 heterocycles. The molecule has 1 aromatic rings. The second-order valence-corrected chi connectivity index (χ2v) is 7.37. The highest BCUT2D eigenvalue weighted by Crippen LogP contribution is 2.16. The number of nitrogens with one attached hydrogen (secondary N) is 1. The molecule has 0 aliphatic rings. The molecular formula is C17H26N2O2S. The van der Waals surface area contributed by atoms with Gasteiger partial charge in [-0.3, -0.25) is 9.59 Å². The van der Waals surface area contributed by atoms with Crippen molar-refractivity contribution in [2.24, 2.45) is 5.41 Å². The first-order valence-electron chi connectivity index (χ1n) is 7.34. The Bertz CT molecular complexity index is 520. The van der Waals surface area contributed by atoms with Crippen LogP contribution in [0.1, 0.15) is 33.3 Å². The van der Waals surface area contributed by atoms with Crippen molar-refractivity contribution in [1.82, 2.24) is 10.2 Å². The monoisotopic (exact) mass is 322 g/mol. The molecule has 1 N–H and O–H groups in total. The number of hydrogen-bond donors (Lipinski definition) is 1. The lowest BCUT2D eigenvalue weighted by molar-refractivity contribution is -0.137. The Morgan fingerprint density at radius 3 is 2.23 bits per heavy atom. The predicted octanol–water partition coefficient (Wildman–Crippen LogP) is 2.92. The van der Waals surface area contributed by atoms with Gasteiger partial charge in [-0.1, -0.05) is 32.9 Å². The van der Waals surface area contributed by atoms with Crippen LogP contribution in [0.5, 0.6) is 0 Å². The van der Waals surface area contributed by atoms with Crippen LogP contribution < -0.4 is 5.32 Å². The van der Waals surface area contributed by atoms with E-state index in [0.717, 1.165) is 5.56 Å². The van der Waals surface area contributed by atoms with E-state index >= 15 is 0 Å². The summed E-state index contributed by atoms with van der Waals surface area (Å²) in [5.74, 6) is -0.211. The van der Waals surface area contributed by atoms with Crippen molar-refractivity contribution in [1.29, 1.82) is 0 Å². The number of likely N-dealkylation sites (N-methyl/N-ethyl adjacent to an activating group) is 1. The van der Waals surface area contributed by atoms with Crippen LogP contribution in [0.4, 0.5) is 0 Å². The number of rotatable bonds is 5. The van der Waals surface area contributed by atoms with Gasteiger partial charge in [0.1, 0.15) is 6.04 Å².